The third kappa shape index (κ3) is 2.43. The first-order valence-electron chi connectivity index (χ1n) is 6.29. The molecule has 4 heteroatoms. The van der Waals surface area contributed by atoms with E-state index in [1.807, 2.05) is 18.6 Å². The van der Waals surface area contributed by atoms with E-state index in [1.54, 1.807) is 12.1 Å². The maximum atomic E-state index is 13.4. The Hall–Kier alpha value is -1.68. The maximum Gasteiger partial charge on any atom is 0.127 e. The Balaban J connectivity index is 1.58. The molecular weight excluding hydrogens is 229 g/mol. The number of rotatable bonds is 5. The second kappa shape index (κ2) is 4.90. The van der Waals surface area contributed by atoms with Gasteiger partial charge in [-0.3, -0.25) is 0 Å². The van der Waals surface area contributed by atoms with Gasteiger partial charge in [0.15, 0.2) is 0 Å². The van der Waals surface area contributed by atoms with Crippen LogP contribution in [-0.2, 0) is 13.1 Å². The van der Waals surface area contributed by atoms with Crippen LogP contribution in [-0.4, -0.2) is 9.55 Å². The summed E-state index contributed by atoms with van der Waals surface area (Å²) < 4.78 is 15.6. The van der Waals surface area contributed by atoms with E-state index >= 15 is 0 Å². The van der Waals surface area contributed by atoms with Crippen molar-refractivity contribution >= 4 is 0 Å². The second-order valence-corrected chi connectivity index (χ2v) is 4.72. The van der Waals surface area contributed by atoms with Crippen molar-refractivity contribution in [3.63, 3.8) is 0 Å². The van der Waals surface area contributed by atoms with E-state index < -0.39 is 0 Å². The highest BCUT2D eigenvalue weighted by molar-refractivity contribution is 5.17. The Labute approximate surface area is 106 Å². The molecular formula is C14H16FN3. The molecule has 1 fully saturated rings. The number of imidazole rings is 1. The van der Waals surface area contributed by atoms with Crippen molar-refractivity contribution in [3.8, 4) is 0 Å². The lowest BCUT2D eigenvalue weighted by Gasteiger charge is -2.08. The predicted octanol–water partition coefficient (Wildman–Crippen LogP) is 2.65. The highest BCUT2D eigenvalue weighted by Gasteiger charge is 2.24. The van der Waals surface area contributed by atoms with Gasteiger partial charge in [0.2, 0.25) is 0 Å². The van der Waals surface area contributed by atoms with E-state index in [2.05, 4.69) is 14.9 Å². The van der Waals surface area contributed by atoms with Crippen molar-refractivity contribution in [2.24, 2.45) is 0 Å². The Kier molecular flexibility index (Phi) is 3.11. The van der Waals surface area contributed by atoms with Crippen LogP contribution in [0.4, 0.5) is 4.39 Å². The minimum atomic E-state index is -0.152. The van der Waals surface area contributed by atoms with Gasteiger partial charge in [0, 0.05) is 30.9 Å². The molecule has 1 aliphatic carbocycles. The maximum absolute atomic E-state index is 13.4. The molecule has 1 aliphatic rings. The molecule has 2 aromatic rings. The first kappa shape index (κ1) is 11.4. The molecule has 0 radical (unpaired) electrons. The van der Waals surface area contributed by atoms with E-state index in [-0.39, 0.29) is 5.82 Å². The van der Waals surface area contributed by atoms with Gasteiger partial charge in [0.05, 0.1) is 12.0 Å². The number of nitrogens with one attached hydrogen (secondary N) is 1. The molecule has 94 valence electrons. The Bertz CT molecular complexity index is 531. The Morgan fingerprint density at radius 1 is 1.28 bits per heavy atom. The van der Waals surface area contributed by atoms with Gasteiger partial charge in [0.25, 0.3) is 0 Å². The van der Waals surface area contributed by atoms with Crippen LogP contribution >= 0.6 is 0 Å². The molecule has 18 heavy (non-hydrogen) atoms. The summed E-state index contributed by atoms with van der Waals surface area (Å²) in [6.07, 6.45) is 6.26. The lowest BCUT2D eigenvalue weighted by molar-refractivity contribution is 0.575. The van der Waals surface area contributed by atoms with Gasteiger partial charge in [-0.25, -0.2) is 9.37 Å². The molecule has 0 spiro atoms. The minimum absolute atomic E-state index is 0.152. The fourth-order valence-electron chi connectivity index (χ4n) is 2.12. The molecule has 0 unspecified atom stereocenters. The molecule has 3 rings (SSSR count). The molecule has 1 aromatic heterocycles. The molecule has 0 atom stereocenters. The van der Waals surface area contributed by atoms with Crippen LogP contribution < -0.4 is 5.32 Å². The summed E-state index contributed by atoms with van der Waals surface area (Å²) in [7, 11) is 0. The second-order valence-electron chi connectivity index (χ2n) is 4.72. The SMILES string of the molecule is Fc1ccccc1CNCc1cncn1C1CC1. The van der Waals surface area contributed by atoms with Crippen LogP contribution in [0.2, 0.25) is 0 Å². The van der Waals surface area contributed by atoms with Gasteiger partial charge in [0.1, 0.15) is 5.82 Å². The van der Waals surface area contributed by atoms with Crippen molar-refractivity contribution in [1.29, 1.82) is 0 Å². The van der Waals surface area contributed by atoms with Crippen LogP contribution in [0.25, 0.3) is 0 Å². The summed E-state index contributed by atoms with van der Waals surface area (Å²) in [5, 5.41) is 3.27. The van der Waals surface area contributed by atoms with Crippen LogP contribution in [0.5, 0.6) is 0 Å². The van der Waals surface area contributed by atoms with E-state index in [0.717, 1.165) is 6.54 Å². The molecule has 1 aromatic carbocycles. The summed E-state index contributed by atoms with van der Waals surface area (Å²) in [5.74, 6) is -0.152. The highest BCUT2D eigenvalue weighted by Crippen LogP contribution is 2.35. The summed E-state index contributed by atoms with van der Waals surface area (Å²) in [6.45, 7) is 1.27. The summed E-state index contributed by atoms with van der Waals surface area (Å²) in [4.78, 5) is 4.18. The van der Waals surface area contributed by atoms with Gasteiger partial charge in [-0.2, -0.15) is 0 Å². The van der Waals surface area contributed by atoms with E-state index in [4.69, 9.17) is 0 Å². The number of aromatic nitrogens is 2. The molecule has 1 N–H and O–H groups in total. The number of hydrogen-bond donors (Lipinski definition) is 1. The zero-order valence-corrected chi connectivity index (χ0v) is 10.1. The number of halogens is 1. The van der Waals surface area contributed by atoms with Crippen LogP contribution in [0, 0.1) is 5.82 Å². The fraction of sp³-hybridized carbons (Fsp3) is 0.357. The smallest absolute Gasteiger partial charge is 0.127 e. The standard InChI is InChI=1S/C14H16FN3/c15-14-4-2-1-3-11(14)7-16-8-13-9-17-10-18(13)12-5-6-12/h1-4,9-10,12,16H,5-8H2. The van der Waals surface area contributed by atoms with Crippen LogP contribution in [0.3, 0.4) is 0 Å². The van der Waals surface area contributed by atoms with Gasteiger partial charge in [-0.1, -0.05) is 18.2 Å². The third-order valence-electron chi connectivity index (χ3n) is 3.27. The van der Waals surface area contributed by atoms with Crippen molar-refractivity contribution < 1.29 is 4.39 Å². The predicted molar refractivity (Wildman–Crippen MR) is 67.4 cm³/mol. The topological polar surface area (TPSA) is 29.9 Å². The third-order valence-corrected chi connectivity index (χ3v) is 3.27. The average Bonchev–Trinajstić information content (AvgIpc) is 3.12. The quantitative estimate of drug-likeness (QED) is 0.877. The van der Waals surface area contributed by atoms with Crippen molar-refractivity contribution in [3.05, 3.63) is 53.9 Å². The van der Waals surface area contributed by atoms with Gasteiger partial charge < -0.3 is 9.88 Å². The summed E-state index contributed by atoms with van der Waals surface area (Å²) >= 11 is 0. The van der Waals surface area contributed by atoms with Crippen LogP contribution in [0.15, 0.2) is 36.8 Å². The molecule has 0 amide bonds. The van der Waals surface area contributed by atoms with Gasteiger partial charge in [-0.15, -0.1) is 0 Å². The van der Waals surface area contributed by atoms with Crippen molar-refractivity contribution in [2.45, 2.75) is 32.0 Å². The molecule has 0 bridgehead atoms. The minimum Gasteiger partial charge on any atom is -0.330 e. The van der Waals surface area contributed by atoms with Gasteiger partial charge in [-0.05, 0) is 18.9 Å². The Morgan fingerprint density at radius 2 is 2.11 bits per heavy atom. The normalized spacial score (nSPS) is 14.9. The van der Waals surface area contributed by atoms with Crippen LogP contribution in [0.1, 0.15) is 30.1 Å². The molecule has 1 saturated carbocycles. The summed E-state index contributed by atoms with van der Waals surface area (Å²) in [6, 6.07) is 7.50. The first-order valence-corrected chi connectivity index (χ1v) is 6.29. The largest absolute Gasteiger partial charge is 0.330 e. The number of benzene rings is 1. The van der Waals surface area contributed by atoms with Crippen molar-refractivity contribution in [2.75, 3.05) is 0 Å². The molecule has 0 aliphatic heterocycles. The lowest BCUT2D eigenvalue weighted by Crippen LogP contribution is -2.16. The Morgan fingerprint density at radius 3 is 2.89 bits per heavy atom. The zero-order valence-electron chi connectivity index (χ0n) is 10.1. The van der Waals surface area contributed by atoms with Crippen molar-refractivity contribution in [1.82, 2.24) is 14.9 Å². The van der Waals surface area contributed by atoms with E-state index in [1.165, 1.54) is 24.6 Å². The molecule has 3 nitrogen and oxygen atoms in total. The monoisotopic (exact) mass is 245 g/mol. The summed E-state index contributed by atoms with van der Waals surface area (Å²) in [5.41, 5.74) is 1.88. The van der Waals surface area contributed by atoms with E-state index in [9.17, 15) is 4.39 Å². The molecule has 0 saturated heterocycles. The number of hydrogen-bond acceptors (Lipinski definition) is 2. The molecule has 1 heterocycles. The highest BCUT2D eigenvalue weighted by atomic mass is 19.1. The average molecular weight is 245 g/mol. The fourth-order valence-corrected chi connectivity index (χ4v) is 2.12. The van der Waals surface area contributed by atoms with E-state index in [0.29, 0.717) is 18.2 Å². The van der Waals surface area contributed by atoms with Gasteiger partial charge >= 0.3 is 0 Å². The number of nitrogens with zero attached hydrogens (tertiary/aromatic N) is 2. The lowest BCUT2D eigenvalue weighted by atomic mass is 10.2. The first-order chi connectivity index (χ1) is 8.84. The zero-order chi connectivity index (χ0) is 12.4.